The second kappa shape index (κ2) is 8.13. The molecule has 0 aliphatic rings. The summed E-state index contributed by atoms with van der Waals surface area (Å²) >= 11 is 7.94. The lowest BCUT2D eigenvalue weighted by Gasteiger charge is -2.30. The fourth-order valence-corrected chi connectivity index (χ4v) is 4.31. The number of halogens is 2. The third-order valence-corrected chi connectivity index (χ3v) is 6.66. The summed E-state index contributed by atoms with van der Waals surface area (Å²) < 4.78 is -0.170. The van der Waals surface area contributed by atoms with Gasteiger partial charge in [0.2, 0.25) is 0 Å². The van der Waals surface area contributed by atoms with Crippen LogP contribution in [-0.4, -0.2) is 0 Å². The van der Waals surface area contributed by atoms with Gasteiger partial charge < -0.3 is 0 Å². The smallest absolute Gasteiger partial charge is 0.0755 e. The fraction of sp³-hybridized carbons (Fsp3) is 0.182. The highest BCUT2D eigenvalue weighted by Crippen LogP contribution is 2.45. The molecule has 0 bridgehead atoms. The summed E-state index contributed by atoms with van der Waals surface area (Å²) in [5.41, 5.74) is 3.92. The van der Waals surface area contributed by atoms with Gasteiger partial charge in [-0.05, 0) is 29.5 Å². The van der Waals surface area contributed by atoms with Crippen molar-refractivity contribution in [2.45, 2.75) is 22.0 Å². The summed E-state index contributed by atoms with van der Waals surface area (Å²) in [7, 11) is 0. The molecule has 0 aliphatic heterocycles. The van der Waals surface area contributed by atoms with Gasteiger partial charge in [0.05, 0.1) is 4.32 Å². The summed E-state index contributed by atoms with van der Waals surface area (Å²) in [5, 5.41) is 0. The third-order valence-electron chi connectivity index (χ3n) is 4.37. The minimum absolute atomic E-state index is 0.170. The highest BCUT2D eigenvalue weighted by Gasteiger charge is 2.31. The van der Waals surface area contributed by atoms with E-state index in [0.717, 1.165) is 12.8 Å². The average molecular weight is 444 g/mol. The molecule has 0 aliphatic carbocycles. The Morgan fingerprint density at radius 3 is 1.54 bits per heavy atom. The molecular formula is C22H20Br2. The van der Waals surface area contributed by atoms with Crippen LogP contribution in [0.5, 0.6) is 0 Å². The molecule has 3 aromatic rings. The monoisotopic (exact) mass is 442 g/mol. The van der Waals surface area contributed by atoms with Gasteiger partial charge in [0.15, 0.2) is 0 Å². The van der Waals surface area contributed by atoms with Crippen LogP contribution in [0.25, 0.3) is 0 Å². The summed E-state index contributed by atoms with van der Waals surface area (Å²) in [5.74, 6) is 0. The summed E-state index contributed by atoms with van der Waals surface area (Å²) in [6.07, 6.45) is 2.05. The molecular weight excluding hydrogens is 424 g/mol. The molecule has 0 N–H and O–H groups in total. The van der Waals surface area contributed by atoms with Gasteiger partial charge in [0.1, 0.15) is 0 Å². The molecule has 0 saturated heterocycles. The summed E-state index contributed by atoms with van der Waals surface area (Å²) in [6, 6.07) is 32.0. The molecule has 24 heavy (non-hydrogen) atoms. The van der Waals surface area contributed by atoms with Gasteiger partial charge >= 0.3 is 0 Å². The Balaban J connectivity index is 1.86. The number of rotatable bonds is 6. The van der Waals surface area contributed by atoms with Crippen molar-refractivity contribution in [1.29, 1.82) is 0 Å². The SMILES string of the molecule is BrC(CCC(Br)(c1ccccc1)c1ccccc1)c1ccccc1. The molecule has 0 amide bonds. The summed E-state index contributed by atoms with van der Waals surface area (Å²) in [4.78, 5) is 0.350. The lowest BCUT2D eigenvalue weighted by Crippen LogP contribution is -2.20. The van der Waals surface area contributed by atoms with Crippen LogP contribution >= 0.6 is 31.9 Å². The minimum atomic E-state index is -0.170. The van der Waals surface area contributed by atoms with Gasteiger partial charge in [0.25, 0.3) is 0 Å². The highest BCUT2D eigenvalue weighted by atomic mass is 79.9. The summed E-state index contributed by atoms with van der Waals surface area (Å²) in [6.45, 7) is 0. The van der Waals surface area contributed by atoms with Gasteiger partial charge in [-0.2, -0.15) is 0 Å². The molecule has 0 spiro atoms. The fourth-order valence-electron chi connectivity index (χ4n) is 3.01. The van der Waals surface area contributed by atoms with Crippen LogP contribution in [0.1, 0.15) is 34.4 Å². The standard InChI is InChI=1S/C22H20Br2/c23-21(18-10-4-1-5-11-18)16-17-22(24,19-12-6-2-7-13-19)20-14-8-3-9-15-20/h1-15,21H,16-17H2. The van der Waals surface area contributed by atoms with Crippen molar-refractivity contribution in [2.24, 2.45) is 0 Å². The van der Waals surface area contributed by atoms with Gasteiger partial charge in [-0.15, -0.1) is 0 Å². The molecule has 0 aromatic heterocycles. The van der Waals surface area contributed by atoms with Crippen LogP contribution in [0.2, 0.25) is 0 Å². The van der Waals surface area contributed by atoms with Crippen LogP contribution in [0.3, 0.4) is 0 Å². The van der Waals surface area contributed by atoms with Gasteiger partial charge in [-0.1, -0.05) is 123 Å². The molecule has 3 aromatic carbocycles. The first-order chi connectivity index (χ1) is 11.7. The molecule has 0 nitrogen and oxygen atoms in total. The topological polar surface area (TPSA) is 0 Å². The second-order valence-corrected chi connectivity index (χ2v) is 8.41. The van der Waals surface area contributed by atoms with Crippen LogP contribution in [0.15, 0.2) is 91.0 Å². The van der Waals surface area contributed by atoms with Crippen molar-refractivity contribution in [2.75, 3.05) is 0 Å². The first-order valence-corrected chi connectivity index (χ1v) is 9.90. The largest absolute Gasteiger partial charge is 0.0839 e. The molecule has 0 heterocycles. The van der Waals surface area contributed by atoms with E-state index in [9.17, 15) is 0 Å². The van der Waals surface area contributed by atoms with Crippen molar-refractivity contribution in [3.05, 3.63) is 108 Å². The molecule has 0 radical (unpaired) electrons. The van der Waals surface area contributed by atoms with E-state index in [0.29, 0.717) is 4.83 Å². The van der Waals surface area contributed by atoms with Crippen molar-refractivity contribution in [1.82, 2.24) is 0 Å². The van der Waals surface area contributed by atoms with Crippen LogP contribution < -0.4 is 0 Å². The second-order valence-electron chi connectivity index (χ2n) is 5.95. The van der Waals surface area contributed by atoms with Gasteiger partial charge in [0, 0.05) is 4.83 Å². The Labute approximate surface area is 161 Å². The Hall–Kier alpha value is -1.38. The van der Waals surface area contributed by atoms with E-state index in [1.54, 1.807) is 0 Å². The van der Waals surface area contributed by atoms with E-state index in [4.69, 9.17) is 0 Å². The zero-order valence-corrected chi connectivity index (χ0v) is 16.6. The van der Waals surface area contributed by atoms with Crippen molar-refractivity contribution >= 4 is 31.9 Å². The van der Waals surface area contributed by atoms with Crippen LogP contribution in [0.4, 0.5) is 0 Å². The molecule has 0 saturated carbocycles. The number of alkyl halides is 2. The molecule has 2 heteroatoms. The van der Waals surface area contributed by atoms with Gasteiger partial charge in [-0.25, -0.2) is 0 Å². The van der Waals surface area contributed by atoms with E-state index >= 15 is 0 Å². The minimum Gasteiger partial charge on any atom is -0.0839 e. The highest BCUT2D eigenvalue weighted by molar-refractivity contribution is 9.10. The molecule has 1 atom stereocenters. The number of hydrogen-bond donors (Lipinski definition) is 0. The Morgan fingerprint density at radius 2 is 1.08 bits per heavy atom. The first-order valence-electron chi connectivity index (χ1n) is 8.19. The molecule has 3 rings (SSSR count). The quantitative estimate of drug-likeness (QED) is 0.352. The Kier molecular flexibility index (Phi) is 5.91. The molecule has 1 unspecified atom stereocenters. The van der Waals surface area contributed by atoms with Crippen molar-refractivity contribution in [3.8, 4) is 0 Å². The number of hydrogen-bond acceptors (Lipinski definition) is 0. The zero-order valence-electron chi connectivity index (χ0n) is 13.4. The van der Waals surface area contributed by atoms with E-state index in [2.05, 4.69) is 123 Å². The Morgan fingerprint density at radius 1 is 0.667 bits per heavy atom. The lowest BCUT2D eigenvalue weighted by atomic mass is 9.86. The predicted molar refractivity (Wildman–Crippen MR) is 110 cm³/mol. The van der Waals surface area contributed by atoms with Crippen LogP contribution in [0, 0.1) is 0 Å². The van der Waals surface area contributed by atoms with Crippen molar-refractivity contribution < 1.29 is 0 Å². The third kappa shape index (κ3) is 3.99. The Bertz CT molecular complexity index is 699. The maximum atomic E-state index is 4.08. The van der Waals surface area contributed by atoms with Crippen LogP contribution in [-0.2, 0) is 4.32 Å². The van der Waals surface area contributed by atoms with E-state index < -0.39 is 0 Å². The predicted octanol–water partition coefficient (Wildman–Crippen LogP) is 7.24. The van der Waals surface area contributed by atoms with Gasteiger partial charge in [-0.3, -0.25) is 0 Å². The zero-order chi connectivity index (χ0) is 16.8. The maximum absolute atomic E-state index is 4.08. The normalized spacial score (nSPS) is 12.8. The molecule has 122 valence electrons. The lowest BCUT2D eigenvalue weighted by molar-refractivity contribution is 0.625. The average Bonchev–Trinajstić information content (AvgIpc) is 2.68. The maximum Gasteiger partial charge on any atom is 0.0755 e. The van der Waals surface area contributed by atoms with E-state index in [1.807, 2.05) is 0 Å². The van der Waals surface area contributed by atoms with Crippen molar-refractivity contribution in [3.63, 3.8) is 0 Å². The van der Waals surface area contributed by atoms with E-state index in [-0.39, 0.29) is 4.32 Å². The molecule has 0 fully saturated rings. The van der Waals surface area contributed by atoms with E-state index in [1.165, 1.54) is 16.7 Å². The number of benzene rings is 3. The first kappa shape index (κ1) is 17.4.